The van der Waals surface area contributed by atoms with Crippen LogP contribution in [0.3, 0.4) is 0 Å². The van der Waals surface area contributed by atoms with Crippen molar-refractivity contribution in [2.45, 2.75) is 12.3 Å². The summed E-state index contributed by atoms with van der Waals surface area (Å²) in [5.41, 5.74) is 16.3. The normalized spacial score (nSPS) is 13.5. The number of para-hydroxylation sites is 1. The van der Waals surface area contributed by atoms with Crippen LogP contribution in [-0.4, -0.2) is 0 Å². The van der Waals surface area contributed by atoms with Gasteiger partial charge in [-0.1, -0.05) is 133 Å². The average Bonchev–Trinajstić information content (AvgIpc) is 3.67. The van der Waals surface area contributed by atoms with E-state index in [1.807, 2.05) is 6.07 Å². The maximum Gasteiger partial charge on any atom is 0.172 e. The van der Waals surface area contributed by atoms with Gasteiger partial charge in [0, 0.05) is 17.3 Å². The molecule has 0 N–H and O–H groups in total. The van der Waals surface area contributed by atoms with Gasteiger partial charge in [0.2, 0.25) is 0 Å². The van der Waals surface area contributed by atoms with Gasteiger partial charge in [-0.15, -0.1) is 0 Å². The van der Waals surface area contributed by atoms with Crippen LogP contribution in [-0.2, 0) is 5.41 Å². The second-order valence-corrected chi connectivity index (χ2v) is 14.1. The molecule has 1 spiro atoms. The SMILES string of the molecule is Cc1cccc(N(c2ccc3c(c2)Oc2cc4c(cc2O3)-c2ccccc2C42c3ccccc3-c3ccccc32)c2ccccc2-c2ccccc2)c1. The Morgan fingerprint density at radius 2 is 0.925 bits per heavy atom. The predicted molar refractivity (Wildman–Crippen MR) is 214 cm³/mol. The standard InChI is InChI=1S/C50H33NO2/c1-32-14-13-17-34(28-32)51(45-25-12-8-18-36(45)33-15-3-2-4-16-33)35-26-27-46-47(29-35)53-49-31-44-40(30-48(49)52-46)39-21-7-11-24-43(39)50(44)41-22-9-5-19-37(41)38-20-6-10-23-42(38)50/h2-31H,1H3. The second-order valence-electron chi connectivity index (χ2n) is 14.1. The van der Waals surface area contributed by atoms with Crippen molar-refractivity contribution in [1.82, 2.24) is 0 Å². The van der Waals surface area contributed by atoms with Crippen LogP contribution in [0.4, 0.5) is 17.1 Å². The Kier molecular flexibility index (Phi) is 6.38. The van der Waals surface area contributed by atoms with E-state index < -0.39 is 5.41 Å². The zero-order valence-corrected chi connectivity index (χ0v) is 29.1. The lowest BCUT2D eigenvalue weighted by molar-refractivity contribution is 0.359. The summed E-state index contributed by atoms with van der Waals surface area (Å²) in [7, 11) is 0. The molecule has 0 saturated heterocycles. The highest BCUT2D eigenvalue weighted by molar-refractivity contribution is 5.96. The molecule has 0 atom stereocenters. The van der Waals surface area contributed by atoms with Crippen LogP contribution in [0.2, 0.25) is 0 Å². The molecule has 0 saturated carbocycles. The van der Waals surface area contributed by atoms with E-state index in [4.69, 9.17) is 9.47 Å². The lowest BCUT2D eigenvalue weighted by atomic mass is 9.70. The number of hydrogen-bond donors (Lipinski definition) is 0. The number of nitrogens with zero attached hydrogens (tertiary/aromatic N) is 1. The first-order valence-electron chi connectivity index (χ1n) is 18.2. The van der Waals surface area contributed by atoms with Gasteiger partial charge in [0.25, 0.3) is 0 Å². The van der Waals surface area contributed by atoms with Crippen molar-refractivity contribution < 1.29 is 9.47 Å². The molecule has 53 heavy (non-hydrogen) atoms. The third-order valence-electron chi connectivity index (χ3n) is 11.2. The topological polar surface area (TPSA) is 21.7 Å². The molecule has 8 aromatic carbocycles. The lowest BCUT2D eigenvalue weighted by Crippen LogP contribution is -2.25. The Morgan fingerprint density at radius 1 is 0.377 bits per heavy atom. The quantitative estimate of drug-likeness (QED) is 0.185. The molecule has 0 fully saturated rings. The minimum atomic E-state index is -0.456. The van der Waals surface area contributed by atoms with E-state index in [0.29, 0.717) is 17.2 Å². The molecule has 0 amide bonds. The molecule has 1 aliphatic heterocycles. The minimum absolute atomic E-state index is 0.456. The molecule has 3 heteroatoms. The Bertz CT molecular complexity index is 2720. The Hall–Kier alpha value is -6.84. The zero-order valence-electron chi connectivity index (χ0n) is 29.1. The fourth-order valence-electron chi connectivity index (χ4n) is 9.02. The van der Waals surface area contributed by atoms with Gasteiger partial charge in [-0.25, -0.2) is 0 Å². The van der Waals surface area contributed by atoms with E-state index in [9.17, 15) is 0 Å². The highest BCUT2D eigenvalue weighted by atomic mass is 16.6. The largest absolute Gasteiger partial charge is 0.449 e. The molecule has 0 aromatic heterocycles. The number of ether oxygens (including phenoxy) is 2. The van der Waals surface area contributed by atoms with Gasteiger partial charge in [-0.3, -0.25) is 0 Å². The molecule has 0 radical (unpaired) electrons. The van der Waals surface area contributed by atoms with Crippen molar-refractivity contribution in [2.24, 2.45) is 0 Å². The van der Waals surface area contributed by atoms with Gasteiger partial charge >= 0.3 is 0 Å². The van der Waals surface area contributed by atoms with Crippen molar-refractivity contribution in [3.8, 4) is 56.4 Å². The van der Waals surface area contributed by atoms with Crippen molar-refractivity contribution in [1.29, 1.82) is 0 Å². The number of benzene rings is 8. The summed E-state index contributed by atoms with van der Waals surface area (Å²) < 4.78 is 13.7. The van der Waals surface area contributed by atoms with E-state index in [1.165, 1.54) is 50.1 Å². The van der Waals surface area contributed by atoms with Crippen LogP contribution in [0.15, 0.2) is 182 Å². The van der Waals surface area contributed by atoms with Crippen LogP contribution in [0.5, 0.6) is 23.0 Å². The highest BCUT2D eigenvalue weighted by Gasteiger charge is 2.52. The minimum Gasteiger partial charge on any atom is -0.449 e. The Balaban J connectivity index is 1.07. The Morgan fingerprint density at radius 3 is 1.62 bits per heavy atom. The molecule has 0 bridgehead atoms. The molecular formula is C50H33NO2. The number of rotatable bonds is 4. The first-order valence-corrected chi connectivity index (χ1v) is 18.2. The molecule has 250 valence electrons. The van der Waals surface area contributed by atoms with E-state index in [0.717, 1.165) is 33.9 Å². The summed E-state index contributed by atoms with van der Waals surface area (Å²) in [4.78, 5) is 2.31. The smallest absolute Gasteiger partial charge is 0.172 e. The van der Waals surface area contributed by atoms with Crippen molar-refractivity contribution in [3.63, 3.8) is 0 Å². The van der Waals surface area contributed by atoms with E-state index in [-0.39, 0.29) is 0 Å². The van der Waals surface area contributed by atoms with E-state index >= 15 is 0 Å². The van der Waals surface area contributed by atoms with Gasteiger partial charge in [0.05, 0.1) is 16.8 Å². The fourth-order valence-corrected chi connectivity index (χ4v) is 9.02. The van der Waals surface area contributed by atoms with Gasteiger partial charge in [-0.2, -0.15) is 0 Å². The van der Waals surface area contributed by atoms with Crippen LogP contribution < -0.4 is 14.4 Å². The molecule has 2 aliphatic carbocycles. The van der Waals surface area contributed by atoms with Crippen LogP contribution in [0.1, 0.15) is 27.8 Å². The van der Waals surface area contributed by atoms with Crippen LogP contribution in [0.25, 0.3) is 33.4 Å². The summed E-state index contributed by atoms with van der Waals surface area (Å²) in [5.74, 6) is 2.82. The molecule has 0 unspecified atom stereocenters. The number of hydrogen-bond acceptors (Lipinski definition) is 3. The molecule has 1 heterocycles. The summed E-state index contributed by atoms with van der Waals surface area (Å²) in [6, 6.07) is 65.1. The molecule has 11 rings (SSSR count). The third-order valence-corrected chi connectivity index (χ3v) is 11.2. The summed E-state index contributed by atoms with van der Waals surface area (Å²) in [5, 5.41) is 0. The maximum atomic E-state index is 6.93. The molecular weight excluding hydrogens is 647 g/mol. The second kappa shape index (κ2) is 11.3. The van der Waals surface area contributed by atoms with Crippen LogP contribution >= 0.6 is 0 Å². The molecule has 8 aromatic rings. The summed E-state index contributed by atoms with van der Waals surface area (Å²) >= 11 is 0. The lowest BCUT2D eigenvalue weighted by Gasteiger charge is -2.32. The van der Waals surface area contributed by atoms with Gasteiger partial charge in [-0.05, 0) is 105 Å². The summed E-state index contributed by atoms with van der Waals surface area (Å²) in [6.45, 7) is 2.14. The van der Waals surface area contributed by atoms with E-state index in [1.54, 1.807) is 0 Å². The molecule has 3 aliphatic rings. The third kappa shape index (κ3) is 4.28. The average molecular weight is 680 g/mol. The van der Waals surface area contributed by atoms with Crippen molar-refractivity contribution in [2.75, 3.05) is 4.90 Å². The number of anilines is 3. The first kappa shape index (κ1) is 29.8. The first-order chi connectivity index (χ1) is 26.2. The summed E-state index contributed by atoms with van der Waals surface area (Å²) in [6.07, 6.45) is 0. The van der Waals surface area contributed by atoms with Crippen molar-refractivity contribution >= 4 is 17.1 Å². The fraction of sp³-hybridized carbons (Fsp3) is 0.0400. The van der Waals surface area contributed by atoms with Gasteiger partial charge < -0.3 is 14.4 Å². The Labute approximate surface area is 309 Å². The van der Waals surface area contributed by atoms with Gasteiger partial charge in [0.15, 0.2) is 23.0 Å². The van der Waals surface area contributed by atoms with Crippen molar-refractivity contribution in [3.05, 3.63) is 210 Å². The number of fused-ring (bicyclic) bond motifs is 12. The highest BCUT2D eigenvalue weighted by Crippen LogP contribution is 2.64. The number of aryl methyl sites for hydroxylation is 1. The zero-order chi connectivity index (χ0) is 35.1. The maximum absolute atomic E-state index is 6.93. The molecule has 3 nitrogen and oxygen atoms in total. The van der Waals surface area contributed by atoms with Crippen LogP contribution in [0, 0.1) is 6.92 Å². The predicted octanol–water partition coefficient (Wildman–Crippen LogP) is 13.4. The monoisotopic (exact) mass is 679 g/mol. The van der Waals surface area contributed by atoms with Gasteiger partial charge in [0.1, 0.15) is 0 Å². The van der Waals surface area contributed by atoms with E-state index in [2.05, 4.69) is 188 Å².